The van der Waals surface area contributed by atoms with Crippen molar-refractivity contribution in [1.29, 1.82) is 0 Å². The molecule has 2 aromatic rings. The molecule has 2 heterocycles. The van der Waals surface area contributed by atoms with Crippen LogP contribution in [0.1, 0.15) is 74.4 Å². The van der Waals surface area contributed by atoms with Gasteiger partial charge in [0, 0.05) is 73.9 Å². The summed E-state index contributed by atoms with van der Waals surface area (Å²) in [5.74, 6) is -0.228. The van der Waals surface area contributed by atoms with E-state index in [4.69, 9.17) is 8.31 Å². The van der Waals surface area contributed by atoms with Gasteiger partial charge in [0.15, 0.2) is 0 Å². The molecular weight excluding hydrogens is 448 g/mol. The highest BCUT2D eigenvalue weighted by Crippen LogP contribution is 2.39. The van der Waals surface area contributed by atoms with Crippen molar-refractivity contribution in [2.45, 2.75) is 86.5 Å². The van der Waals surface area contributed by atoms with Gasteiger partial charge in [0.05, 0.1) is 0 Å². The molecule has 2 fully saturated rings. The SMILES string of the molecule is [2H]N1CCNCC1([2H])CCCCCCCC(c1ccccc1Sc1cccc(C)c1C([2H])([2H])[2H])C1([2H])CNCCN1[2H]. The molecule has 2 saturated heterocycles. The lowest BCUT2D eigenvalue weighted by Gasteiger charge is -2.33. The molecule has 0 bridgehead atoms. The highest BCUT2D eigenvalue weighted by molar-refractivity contribution is 7.99. The van der Waals surface area contributed by atoms with E-state index >= 15 is 0 Å². The number of aryl methyl sites for hydroxylation is 1. The molecule has 35 heavy (non-hydrogen) atoms. The normalized spacial score (nSPS) is 30.3. The van der Waals surface area contributed by atoms with Gasteiger partial charge in [-0.15, -0.1) is 0 Å². The van der Waals surface area contributed by atoms with Crippen LogP contribution in [0.25, 0.3) is 0 Å². The molecule has 2 aliphatic rings. The summed E-state index contributed by atoms with van der Waals surface area (Å²) in [5, 5.41) is 9.43. The Morgan fingerprint density at radius 3 is 2.54 bits per heavy atom. The van der Waals surface area contributed by atoms with Gasteiger partial charge < -0.3 is 21.3 Å². The van der Waals surface area contributed by atoms with Gasteiger partial charge in [0.1, 0.15) is 2.82 Å². The Kier molecular flexibility index (Phi) is 7.73. The molecule has 0 spiro atoms. The average Bonchev–Trinajstić information content (AvgIpc) is 2.93. The fraction of sp³-hybridized carbons (Fsp3) is 0.600. The lowest BCUT2D eigenvalue weighted by molar-refractivity contribution is 0.344. The van der Waals surface area contributed by atoms with Crippen LogP contribution in [0.3, 0.4) is 0 Å². The predicted octanol–water partition coefficient (Wildman–Crippen LogP) is 5.39. The molecule has 192 valence electrons. The Bertz CT molecular complexity index is 1170. The maximum atomic E-state index is 9.50. The number of piperazine rings is 2. The molecule has 0 radical (unpaired) electrons. The van der Waals surface area contributed by atoms with E-state index in [1.165, 1.54) is 22.4 Å². The number of benzene rings is 2. The summed E-state index contributed by atoms with van der Waals surface area (Å²) in [6, 6.07) is 11.6. The second-order valence-electron chi connectivity index (χ2n) is 9.62. The van der Waals surface area contributed by atoms with E-state index in [9.17, 15) is 1.37 Å². The van der Waals surface area contributed by atoms with Crippen molar-refractivity contribution in [3.8, 4) is 0 Å². The van der Waals surface area contributed by atoms with Crippen LogP contribution >= 0.6 is 11.8 Å². The van der Waals surface area contributed by atoms with Gasteiger partial charge in [-0.1, -0.05) is 74.2 Å². The fourth-order valence-electron chi connectivity index (χ4n) is 4.95. The van der Waals surface area contributed by atoms with Crippen LogP contribution in [0.4, 0.5) is 0 Å². The van der Waals surface area contributed by atoms with Crippen molar-refractivity contribution < 1.29 is 9.68 Å². The summed E-state index contributed by atoms with van der Waals surface area (Å²) in [5.41, 5.74) is 2.11. The second-order valence-corrected chi connectivity index (χ2v) is 10.7. The van der Waals surface area contributed by atoms with E-state index in [2.05, 4.69) is 16.7 Å². The highest BCUT2D eigenvalue weighted by Gasteiger charge is 2.26. The van der Waals surface area contributed by atoms with Crippen molar-refractivity contribution in [1.82, 2.24) is 21.3 Å². The van der Waals surface area contributed by atoms with Gasteiger partial charge in [0.2, 0.25) is 0 Å². The summed E-state index contributed by atoms with van der Waals surface area (Å²) in [6.45, 7) is 3.06. The summed E-state index contributed by atoms with van der Waals surface area (Å²) in [4.78, 5) is 1.64. The first kappa shape index (κ1) is 18.8. The Morgan fingerprint density at radius 1 is 0.914 bits per heavy atom. The molecule has 0 aromatic heterocycles. The Hall–Kier alpha value is -1.37. The third kappa shape index (κ3) is 8.06. The molecule has 3 unspecified atom stereocenters. The Morgan fingerprint density at radius 2 is 1.69 bits per heavy atom. The minimum Gasteiger partial charge on any atom is -0.314 e. The van der Waals surface area contributed by atoms with E-state index < -0.39 is 18.9 Å². The number of hydrogen-bond donors (Lipinski definition) is 4. The topological polar surface area (TPSA) is 48.1 Å². The van der Waals surface area contributed by atoms with Crippen molar-refractivity contribution in [3.63, 3.8) is 0 Å². The van der Waals surface area contributed by atoms with Crippen LogP contribution < -0.4 is 21.3 Å². The molecule has 4 rings (SSSR count). The van der Waals surface area contributed by atoms with E-state index in [-0.39, 0.29) is 5.92 Å². The van der Waals surface area contributed by atoms with Gasteiger partial charge in [-0.3, -0.25) is 0 Å². The van der Waals surface area contributed by atoms with Crippen LogP contribution in [0, 0.1) is 13.8 Å². The van der Waals surface area contributed by atoms with Crippen LogP contribution in [-0.2, 0) is 0 Å². The minimum atomic E-state index is -2.23. The van der Waals surface area contributed by atoms with Crippen LogP contribution in [0.15, 0.2) is 52.3 Å². The molecule has 4 N–H and O–H groups in total. The monoisotopic (exact) mass is 501 g/mol. The summed E-state index contributed by atoms with van der Waals surface area (Å²) >= 11 is 1.45. The van der Waals surface area contributed by atoms with Crippen LogP contribution in [-0.4, -0.2) is 51.3 Å². The standard InChI is InChI=1S/C30H46N4S/c1-23-11-10-16-29(24(23)2)35-30-15-9-8-14-27(30)26(28-22-32-18-20-34-28)13-7-5-3-4-6-12-25-21-31-17-19-33-25/h8-11,14-16,25-26,28,31-34H,3-7,12-13,17-22H2,1-2H3/i2D3,25D,28D/hD2. The summed E-state index contributed by atoms with van der Waals surface area (Å²) in [7, 11) is 0. The first-order valence-electron chi connectivity index (χ1n) is 16.7. The van der Waals surface area contributed by atoms with Crippen molar-refractivity contribution in [3.05, 3.63) is 59.2 Å². The zero-order valence-corrected chi connectivity index (χ0v) is 21.9. The van der Waals surface area contributed by atoms with E-state index in [0.29, 0.717) is 49.6 Å². The predicted molar refractivity (Wildman–Crippen MR) is 151 cm³/mol. The molecule has 0 saturated carbocycles. The summed E-state index contributed by atoms with van der Waals surface area (Å²) in [6.07, 6.45) is 6.31. The van der Waals surface area contributed by atoms with E-state index in [1.54, 1.807) is 0 Å². The smallest absolute Gasteiger partial charge is 0.123 e. The largest absolute Gasteiger partial charge is 0.314 e. The van der Waals surface area contributed by atoms with Crippen molar-refractivity contribution in [2.75, 3.05) is 39.3 Å². The zero-order chi connectivity index (χ0) is 30.4. The molecule has 2 aromatic carbocycles. The number of nitrogens with one attached hydrogen (secondary N) is 4. The maximum Gasteiger partial charge on any atom is 0.123 e. The maximum absolute atomic E-state index is 9.50. The third-order valence-electron chi connectivity index (χ3n) is 6.97. The molecule has 3 atom stereocenters. The van der Waals surface area contributed by atoms with Gasteiger partial charge in [-0.05, 0) is 55.4 Å². The fourth-order valence-corrected chi connectivity index (χ4v) is 6.07. The molecule has 5 heteroatoms. The van der Waals surface area contributed by atoms with Crippen molar-refractivity contribution >= 4 is 11.8 Å². The molecule has 2 aliphatic heterocycles. The van der Waals surface area contributed by atoms with E-state index in [1.807, 2.05) is 43.3 Å². The minimum absolute atomic E-state index is 0.228. The second kappa shape index (κ2) is 14.4. The lowest BCUT2D eigenvalue weighted by atomic mass is 9.85. The first-order chi connectivity index (χ1) is 20.0. The molecule has 4 nitrogen and oxygen atoms in total. The zero-order valence-electron chi connectivity index (χ0n) is 28.1. The van der Waals surface area contributed by atoms with Crippen LogP contribution in [0.2, 0.25) is 2.82 Å². The lowest BCUT2D eigenvalue weighted by Crippen LogP contribution is -2.51. The van der Waals surface area contributed by atoms with Gasteiger partial charge in [-0.25, -0.2) is 0 Å². The quantitative estimate of drug-likeness (QED) is 0.294. The molecule has 0 amide bonds. The average molecular weight is 502 g/mol. The third-order valence-corrected chi connectivity index (χ3v) is 8.12. The number of rotatable bonds is 12. The van der Waals surface area contributed by atoms with E-state index in [0.717, 1.165) is 61.1 Å². The summed E-state index contributed by atoms with van der Waals surface area (Å²) < 4.78 is 59.4. The Labute approximate surface area is 227 Å². The Balaban J connectivity index is 1.47. The van der Waals surface area contributed by atoms with Gasteiger partial charge in [-0.2, -0.15) is 0 Å². The highest BCUT2D eigenvalue weighted by atomic mass is 32.2. The first-order valence-corrected chi connectivity index (χ1v) is 14.1. The van der Waals surface area contributed by atoms with Gasteiger partial charge >= 0.3 is 0 Å². The molecular formula is C30H46N4S. The number of unbranched alkanes of at least 4 members (excludes halogenated alkanes) is 4. The van der Waals surface area contributed by atoms with Gasteiger partial charge in [0.25, 0.3) is 0 Å². The van der Waals surface area contributed by atoms with Crippen molar-refractivity contribution in [2.24, 2.45) is 0 Å². The molecule has 0 aliphatic carbocycles. The van der Waals surface area contributed by atoms with Crippen LogP contribution in [0.5, 0.6) is 0 Å². The number of hydrogen-bond acceptors (Lipinski definition) is 5.